The number of primary amides is 7. The Hall–Kier alpha value is -12.4. The van der Waals surface area contributed by atoms with Gasteiger partial charge in [0.2, 0.25) is 29.5 Å². The van der Waals surface area contributed by atoms with Gasteiger partial charge in [-0.2, -0.15) is 0 Å². The first-order chi connectivity index (χ1) is 69.7. The molecule has 1 atom stereocenters. The summed E-state index contributed by atoms with van der Waals surface area (Å²) in [6.07, 6.45) is 34.7. The van der Waals surface area contributed by atoms with Crippen LogP contribution in [0.4, 0.5) is 39.4 Å². The van der Waals surface area contributed by atoms with Crippen LogP contribution in [-0.4, -0.2) is 115 Å². The number of benzene rings is 2. The maximum Gasteiger partial charge on any atom is 0.397 e. The van der Waals surface area contributed by atoms with Crippen LogP contribution >= 0.6 is 79.4 Å². The van der Waals surface area contributed by atoms with Gasteiger partial charge in [0.15, 0.2) is 0 Å². The zero-order chi connectivity index (χ0) is 105. The minimum atomic E-state index is -0.998. The molecule has 7 heterocycles. The first kappa shape index (κ1) is 112. The molecule has 2 aromatic carbocycles. The summed E-state index contributed by atoms with van der Waals surface area (Å²) in [5, 5.41) is 23.0. The number of rotatable bonds is 27. The molecule has 146 heavy (non-hydrogen) atoms. The van der Waals surface area contributed by atoms with Gasteiger partial charge in [0.05, 0.1) is 72.6 Å². The number of esters is 2. The molecule has 9 aliphatic carbocycles. The maximum atomic E-state index is 12.9. The lowest BCUT2D eigenvalue weighted by atomic mass is 9.84. The lowest BCUT2D eigenvalue weighted by Gasteiger charge is -2.22. The Balaban J connectivity index is 0.000000152. The number of halogens is 1. The molecule has 9 aliphatic rings. The van der Waals surface area contributed by atoms with Crippen molar-refractivity contribution in [3.05, 3.63) is 178 Å². The van der Waals surface area contributed by atoms with E-state index in [2.05, 4.69) is 74.4 Å². The molecule has 0 spiro atoms. The SMILES string of the molecule is CC(CC(=O)Nc1sc2c(c1C(N)=O)CCC2)CC(C)(C)C.CCOC(=O)C(=O)Nc1sc2c(c1C(N)=O)CCC2.COC(=O)C(=O)Nc1sc2c(c1C(N)=O)CCCC2.COc1cccc(CC(=O)Nc2sc3c(c2C(N)=O)CCCC3)c1.NC(=O)c1c(NC(=O)C2CC2)sc2c1CCCC2.NC(=O)c1c(NC(=O)CCC2CCCC2)sc2c1CCCC2.NC(=O)c1c(NC(=O)Cc2ccc(F)cc2)sc2c1CCC2. The molecule has 2 fully saturated rings. The first-order valence-corrected chi connectivity index (χ1v) is 55.3. The zero-order valence-electron chi connectivity index (χ0n) is 83.3. The number of methoxy groups -OCH3 is 2. The second-order valence-electron chi connectivity index (χ2n) is 38.6. The minimum Gasteiger partial charge on any atom is -0.497 e. The van der Waals surface area contributed by atoms with Gasteiger partial charge in [0.25, 0.3) is 41.4 Å². The van der Waals surface area contributed by atoms with Crippen molar-refractivity contribution in [1.29, 1.82) is 0 Å². The Morgan fingerprint density at radius 1 is 0.377 bits per heavy atom. The number of anilines is 7. The van der Waals surface area contributed by atoms with Crippen molar-refractivity contribution in [2.75, 3.05) is 58.0 Å². The van der Waals surface area contributed by atoms with E-state index in [-0.39, 0.29) is 66.1 Å². The Morgan fingerprint density at radius 3 is 1.03 bits per heavy atom. The molecule has 0 radical (unpaired) electrons. The van der Waals surface area contributed by atoms with Crippen LogP contribution in [0.2, 0.25) is 0 Å². The monoisotopic (exact) mass is 2130 g/mol. The molecule has 7 aromatic heterocycles. The topological polar surface area (TPSA) is 567 Å². The fourth-order valence-electron chi connectivity index (χ4n) is 19.6. The molecular weight excluding hydrogens is 2000 g/mol. The van der Waals surface area contributed by atoms with Gasteiger partial charge in [-0.3, -0.25) is 67.1 Å². The normalized spacial score (nSPS) is 14.9. The van der Waals surface area contributed by atoms with Crippen LogP contribution in [0.5, 0.6) is 5.75 Å². The molecule has 14 amide bonds. The van der Waals surface area contributed by atoms with Crippen LogP contribution in [-0.2, 0) is 155 Å². The third kappa shape index (κ3) is 30.2. The standard InChI is InChI=1S/C18H20N2O3S.C17H24N2O2S.C17H26N2O2S.C16H15FN2O2S.C13H16N2O2S.2C12H14N2O4S/c1-23-12-6-4-5-11(9-12)10-15(21)20-18-16(17(19)22)13-7-2-3-8-14(13)24-18;18-16(21)15-12-7-3-4-8-13(12)22-17(15)19-14(20)10-9-11-5-1-2-6-11;1-10(9-17(2,3)4)8-13(20)19-16-14(15(18)21)11-6-5-7-12(11)22-16;17-10-6-4-9(5-7-10)8-13(20)19-16-14(15(18)21)11-2-1-3-12(11)22-16;14-11(16)10-8-3-1-2-4-9(8)18-13(10)15-12(17)7-5-6-7;1-18-12(17)10(16)14-11-8(9(13)15)6-4-2-3-5-7(6)19-11;1-2-18-12(17)10(16)14-11-8(9(13)15)6-4-3-5-7(6)19-11/h4-6,9H,2-3,7-8,10H2,1H3,(H2,19,22)(H,20,21);11H,1-10H2,(H2,18,21)(H,19,20);10H,5-9H2,1-4H3,(H2,18,21)(H,19,20);4-7H,1-3,8H2,(H2,18,21)(H,19,20);7H,1-6H2,(H2,14,16)(H,15,17);2*2-5H2,1H3,(H2,13,15)(H,14,16). The van der Waals surface area contributed by atoms with Crippen molar-refractivity contribution in [3.8, 4) is 5.75 Å². The molecule has 9 aromatic rings. The Labute approximate surface area is 874 Å². The Morgan fingerprint density at radius 2 is 0.692 bits per heavy atom. The molecule has 782 valence electrons. The van der Waals surface area contributed by atoms with E-state index in [1.54, 1.807) is 37.5 Å². The summed E-state index contributed by atoms with van der Waals surface area (Å²) in [6.45, 7) is 10.4. The summed E-state index contributed by atoms with van der Waals surface area (Å²) < 4.78 is 26.9. The number of nitrogens with two attached hydrogens (primary N) is 7. The number of nitrogens with one attached hydrogen (secondary N) is 7. The van der Waals surface area contributed by atoms with Gasteiger partial charge in [0, 0.05) is 52.9 Å². The highest BCUT2D eigenvalue weighted by atomic mass is 32.1. The van der Waals surface area contributed by atoms with E-state index < -0.39 is 65.1 Å². The summed E-state index contributed by atoms with van der Waals surface area (Å²) in [4.78, 5) is 196. The molecule has 2 saturated carbocycles. The van der Waals surface area contributed by atoms with Gasteiger partial charge in [-0.15, -0.1) is 79.4 Å². The number of aryl methyl sites for hydroxylation is 7. The minimum absolute atomic E-state index is 0.0213. The predicted octanol–water partition coefficient (Wildman–Crippen LogP) is 16.7. The van der Waals surface area contributed by atoms with Crippen LogP contribution in [0.15, 0.2) is 48.5 Å². The van der Waals surface area contributed by atoms with Crippen molar-refractivity contribution < 1.29 is 95.3 Å². The highest BCUT2D eigenvalue weighted by Gasteiger charge is 2.37. The van der Waals surface area contributed by atoms with Gasteiger partial charge in [-0.05, 0) is 285 Å². The Bertz CT molecular complexity index is 6420. The zero-order valence-corrected chi connectivity index (χ0v) is 89.0. The van der Waals surface area contributed by atoms with Crippen molar-refractivity contribution >= 4 is 209 Å². The number of thiophene rings is 7. The van der Waals surface area contributed by atoms with Crippen LogP contribution in [0.3, 0.4) is 0 Å². The van der Waals surface area contributed by atoms with Crippen LogP contribution in [0.1, 0.15) is 326 Å². The van der Waals surface area contributed by atoms with E-state index in [0.717, 1.165) is 252 Å². The molecule has 18 rings (SSSR count). The van der Waals surface area contributed by atoms with E-state index in [0.29, 0.717) is 110 Å². The second-order valence-corrected chi connectivity index (χ2v) is 46.3. The molecule has 33 nitrogen and oxygen atoms in total. The number of hydrogen-bond donors (Lipinski definition) is 14. The quantitative estimate of drug-likeness (QED) is 0.0168. The molecule has 41 heteroatoms. The first-order valence-electron chi connectivity index (χ1n) is 49.5. The second kappa shape index (κ2) is 52.3. The van der Waals surface area contributed by atoms with E-state index in [1.165, 1.54) is 125 Å². The van der Waals surface area contributed by atoms with Crippen molar-refractivity contribution in [3.63, 3.8) is 0 Å². The summed E-state index contributed by atoms with van der Waals surface area (Å²) in [6, 6.07) is 13.1. The van der Waals surface area contributed by atoms with Crippen molar-refractivity contribution in [2.24, 2.45) is 63.3 Å². The van der Waals surface area contributed by atoms with E-state index in [9.17, 15) is 81.1 Å². The fraction of sp³-hybridized carbons (Fsp3) is 0.467. The molecule has 0 aliphatic heterocycles. The number of ether oxygens (including phenoxy) is 3. The third-order valence-corrected chi connectivity index (χ3v) is 34.6. The predicted molar refractivity (Wildman–Crippen MR) is 570 cm³/mol. The van der Waals surface area contributed by atoms with Crippen LogP contribution < -0.4 is 82.1 Å². The van der Waals surface area contributed by atoms with Gasteiger partial charge >= 0.3 is 23.8 Å². The molecule has 1 unspecified atom stereocenters. The number of carbonyl (C=O) groups is 16. The largest absolute Gasteiger partial charge is 0.497 e. The summed E-state index contributed by atoms with van der Waals surface area (Å²) >= 11 is 10.1. The fourth-order valence-corrected chi connectivity index (χ4v) is 28.7. The van der Waals surface area contributed by atoms with Crippen molar-refractivity contribution in [1.82, 2.24) is 0 Å². The summed E-state index contributed by atoms with van der Waals surface area (Å²) in [7, 11) is 2.71. The molecule has 21 N–H and O–H groups in total. The maximum absolute atomic E-state index is 12.9. The van der Waals surface area contributed by atoms with E-state index in [1.807, 2.05) is 24.3 Å². The third-order valence-electron chi connectivity index (χ3n) is 26.2. The van der Waals surface area contributed by atoms with Gasteiger partial charge in [-0.1, -0.05) is 77.6 Å². The average Bonchev–Trinajstić information content (AvgIpc) is 1.33. The highest BCUT2D eigenvalue weighted by Crippen LogP contribution is 2.47. The molecule has 0 saturated heterocycles. The van der Waals surface area contributed by atoms with Gasteiger partial charge in [0.1, 0.15) is 46.6 Å². The number of carbonyl (C=O) groups excluding carboxylic acids is 16. The summed E-state index contributed by atoms with van der Waals surface area (Å²) in [5.74, 6) is -5.99. The molecule has 0 bridgehead atoms. The van der Waals surface area contributed by atoms with Crippen molar-refractivity contribution in [2.45, 2.75) is 272 Å². The summed E-state index contributed by atoms with van der Waals surface area (Å²) in [5.41, 5.74) is 50.3. The van der Waals surface area contributed by atoms with Crippen LogP contribution in [0.25, 0.3) is 0 Å². The van der Waals surface area contributed by atoms with E-state index in [4.69, 9.17) is 44.9 Å². The van der Waals surface area contributed by atoms with Gasteiger partial charge in [-0.25, -0.2) is 14.0 Å². The number of hydrogen-bond acceptors (Lipinski definition) is 26. The molecular formula is C105H129FN14O19S7. The average molecular weight is 2130 g/mol. The lowest BCUT2D eigenvalue weighted by Crippen LogP contribution is -2.26. The smallest absolute Gasteiger partial charge is 0.397 e. The van der Waals surface area contributed by atoms with Crippen LogP contribution in [0, 0.1) is 29.0 Å². The van der Waals surface area contributed by atoms with Gasteiger partial charge < -0.3 is 91.6 Å². The lowest BCUT2D eigenvalue weighted by molar-refractivity contribution is -0.152. The number of fused-ring (bicyclic) bond motifs is 7. The Kier molecular flexibility index (Phi) is 40.2. The van der Waals surface area contributed by atoms with E-state index >= 15 is 0 Å². The highest BCUT2D eigenvalue weighted by molar-refractivity contribution is 7.19. The number of amides is 14.